The summed E-state index contributed by atoms with van der Waals surface area (Å²) in [7, 11) is 2.96. The summed E-state index contributed by atoms with van der Waals surface area (Å²) in [5, 5.41) is 23.5. The molecule has 0 saturated heterocycles. The summed E-state index contributed by atoms with van der Waals surface area (Å²) in [6.07, 6.45) is 2.84. The largest absolute Gasteiger partial charge is 0.495 e. The van der Waals surface area contributed by atoms with Gasteiger partial charge in [-0.25, -0.2) is 4.99 Å². The second-order valence-electron chi connectivity index (χ2n) is 9.61. The Morgan fingerprint density at radius 1 is 1.12 bits per heavy atom. The Labute approximate surface area is 248 Å². The molecule has 1 unspecified atom stereocenters. The van der Waals surface area contributed by atoms with E-state index < -0.39 is 6.10 Å². The molecule has 41 heavy (non-hydrogen) atoms. The zero-order chi connectivity index (χ0) is 29.7. The number of fused-ring (bicyclic) bond motifs is 1. The lowest BCUT2D eigenvalue weighted by Gasteiger charge is -2.17. The molecule has 1 aliphatic heterocycles. The molecule has 4 rings (SSSR count). The van der Waals surface area contributed by atoms with Crippen molar-refractivity contribution in [1.82, 2.24) is 9.88 Å². The molecule has 0 saturated carbocycles. The summed E-state index contributed by atoms with van der Waals surface area (Å²) in [5.74, 6) is 1.20. The molecule has 2 aromatic carbocycles. The molecular formula is C30H34Cl2N4O5. The van der Waals surface area contributed by atoms with E-state index in [-0.39, 0.29) is 34.3 Å². The summed E-state index contributed by atoms with van der Waals surface area (Å²) < 4.78 is 12.5. The van der Waals surface area contributed by atoms with Gasteiger partial charge in [-0.05, 0) is 48.6 Å². The molecule has 3 aromatic rings. The van der Waals surface area contributed by atoms with Crippen LogP contribution in [-0.4, -0.2) is 48.3 Å². The quantitative estimate of drug-likeness (QED) is 0.249. The topological polar surface area (TPSA) is 131 Å². The second kappa shape index (κ2) is 13.4. The molecule has 0 amide bonds. The van der Waals surface area contributed by atoms with E-state index in [0.29, 0.717) is 59.9 Å². The molecule has 9 nitrogen and oxygen atoms in total. The van der Waals surface area contributed by atoms with Gasteiger partial charge < -0.3 is 30.7 Å². The van der Waals surface area contributed by atoms with Gasteiger partial charge in [-0.2, -0.15) is 0 Å². The van der Waals surface area contributed by atoms with Crippen LogP contribution in [0.5, 0.6) is 11.5 Å². The number of rotatable bonds is 11. The highest BCUT2D eigenvalue weighted by Gasteiger charge is 2.23. The van der Waals surface area contributed by atoms with E-state index in [1.807, 2.05) is 37.3 Å². The first-order valence-electron chi connectivity index (χ1n) is 13.2. The van der Waals surface area contributed by atoms with Gasteiger partial charge in [0.05, 0.1) is 42.5 Å². The number of nitrogens with zero attached hydrogens (tertiary/aromatic N) is 2. The number of aliphatic hydroxyl groups is 2. The predicted octanol–water partition coefficient (Wildman–Crippen LogP) is 3.03. The van der Waals surface area contributed by atoms with Crippen LogP contribution < -0.4 is 36.8 Å². The summed E-state index contributed by atoms with van der Waals surface area (Å²) >= 11 is 13.5. The van der Waals surface area contributed by atoms with Crippen molar-refractivity contribution in [2.24, 2.45) is 4.99 Å². The third-order valence-electron chi connectivity index (χ3n) is 7.00. The van der Waals surface area contributed by atoms with Gasteiger partial charge in [0.1, 0.15) is 22.8 Å². The van der Waals surface area contributed by atoms with Crippen molar-refractivity contribution < 1.29 is 19.7 Å². The van der Waals surface area contributed by atoms with Crippen LogP contribution in [0.15, 0.2) is 57.6 Å². The number of methoxy groups -OCH3 is 2. The number of pyridine rings is 1. The summed E-state index contributed by atoms with van der Waals surface area (Å²) in [5.41, 5.74) is 9.21. The number of aliphatic hydroxyl groups excluding tert-OH is 2. The maximum absolute atomic E-state index is 14.3. The zero-order valence-corrected chi connectivity index (χ0v) is 24.7. The zero-order valence-electron chi connectivity index (χ0n) is 23.2. The Morgan fingerprint density at radius 2 is 1.78 bits per heavy atom. The number of benzene rings is 2. The van der Waals surface area contributed by atoms with Crippen LogP contribution >= 0.6 is 23.2 Å². The van der Waals surface area contributed by atoms with Crippen LogP contribution in [0.3, 0.4) is 0 Å². The van der Waals surface area contributed by atoms with Crippen molar-refractivity contribution in [3.63, 3.8) is 0 Å². The summed E-state index contributed by atoms with van der Waals surface area (Å²) in [4.78, 5) is 19.2. The third-order valence-corrected chi connectivity index (χ3v) is 7.75. The number of allylic oxidation sites excluding steroid dienone is 1. The molecule has 0 radical (unpaired) electrons. The minimum absolute atomic E-state index is 0.108. The molecule has 11 heteroatoms. The van der Waals surface area contributed by atoms with E-state index in [4.69, 9.17) is 43.4 Å². The number of nitrogens with two attached hydrogens (primary N) is 1. The molecule has 1 aromatic heterocycles. The molecule has 0 spiro atoms. The van der Waals surface area contributed by atoms with Crippen LogP contribution in [0.2, 0.25) is 10.0 Å². The number of anilines is 1. The highest BCUT2D eigenvalue weighted by molar-refractivity contribution is 6.41. The van der Waals surface area contributed by atoms with E-state index in [1.54, 1.807) is 16.7 Å². The van der Waals surface area contributed by atoms with E-state index in [1.165, 1.54) is 14.2 Å². The Balaban J connectivity index is 1.98. The maximum atomic E-state index is 14.3. The van der Waals surface area contributed by atoms with Crippen LogP contribution in [-0.2, 0) is 13.0 Å². The van der Waals surface area contributed by atoms with Gasteiger partial charge in [0.25, 0.3) is 5.56 Å². The van der Waals surface area contributed by atoms with Crippen molar-refractivity contribution in [1.29, 1.82) is 0 Å². The molecule has 1 atom stereocenters. The average molecular weight is 602 g/mol. The first kappa shape index (κ1) is 30.5. The highest BCUT2D eigenvalue weighted by Crippen LogP contribution is 2.44. The fourth-order valence-corrected chi connectivity index (χ4v) is 5.36. The second-order valence-corrected chi connectivity index (χ2v) is 10.4. The smallest absolute Gasteiger partial charge is 0.260 e. The van der Waals surface area contributed by atoms with Gasteiger partial charge >= 0.3 is 0 Å². The lowest BCUT2D eigenvalue weighted by molar-refractivity contribution is 0.0963. The predicted molar refractivity (Wildman–Crippen MR) is 162 cm³/mol. The first-order chi connectivity index (χ1) is 19.7. The van der Waals surface area contributed by atoms with Crippen LogP contribution in [0.1, 0.15) is 25.3 Å². The van der Waals surface area contributed by atoms with Crippen LogP contribution in [0.4, 0.5) is 5.69 Å². The summed E-state index contributed by atoms with van der Waals surface area (Å²) in [6, 6.07) is 10.8. The van der Waals surface area contributed by atoms with Gasteiger partial charge in [-0.15, -0.1) is 0 Å². The number of halogens is 2. The normalized spacial score (nSPS) is 13.5. The van der Waals surface area contributed by atoms with Gasteiger partial charge in [0.2, 0.25) is 0 Å². The molecule has 0 aliphatic carbocycles. The number of aromatic nitrogens is 1. The fourth-order valence-electron chi connectivity index (χ4n) is 4.66. The van der Waals surface area contributed by atoms with Crippen LogP contribution in [0, 0.1) is 0 Å². The van der Waals surface area contributed by atoms with E-state index in [2.05, 4.69) is 5.32 Å². The van der Waals surface area contributed by atoms with Crippen molar-refractivity contribution in [3.05, 3.63) is 84.5 Å². The van der Waals surface area contributed by atoms with E-state index in [9.17, 15) is 15.0 Å². The lowest BCUT2D eigenvalue weighted by atomic mass is 10.0. The number of nitrogen functional groups attached to an aromatic ring is 1. The standard InChI is InChI=1S/C30H34Cl2N4O5/c1-4-18-7-8-19-13-22(25-26(31)23(40-2)14-24(41-3)27(25)32)30(39)36(12-11-17-5-9-20(33)10-6-17)29(19)35-28(18)34-15-21(38)16-37/h5-6,8-10,13-14,21,34,37-38H,4,7,11-12,15-16,33H2,1-3H3. The molecule has 0 fully saturated rings. The molecule has 2 heterocycles. The van der Waals surface area contributed by atoms with Gasteiger partial charge in [0, 0.05) is 35.6 Å². The van der Waals surface area contributed by atoms with E-state index in [0.717, 1.165) is 16.4 Å². The fraction of sp³-hybridized carbons (Fsp3) is 0.333. The van der Waals surface area contributed by atoms with E-state index >= 15 is 0 Å². The Kier molecular flexibility index (Phi) is 9.99. The molecular weight excluding hydrogens is 567 g/mol. The third kappa shape index (κ3) is 6.54. The first-order valence-corrected chi connectivity index (χ1v) is 14.0. The van der Waals surface area contributed by atoms with Gasteiger partial charge in [-0.3, -0.25) is 9.36 Å². The Bertz CT molecular complexity index is 1610. The number of hydrogen-bond donors (Lipinski definition) is 4. The van der Waals surface area contributed by atoms with Crippen molar-refractivity contribution in [2.75, 3.05) is 33.1 Å². The Hall–Kier alpha value is -3.50. The molecule has 218 valence electrons. The highest BCUT2D eigenvalue weighted by atomic mass is 35.5. The number of aryl methyl sites for hydroxylation is 1. The van der Waals surface area contributed by atoms with Crippen molar-refractivity contribution in [3.8, 4) is 22.6 Å². The molecule has 5 N–H and O–H groups in total. The SMILES string of the molecule is CCC1=C(NCC(O)CO)N=c2c(cc(-c3c(Cl)c(OC)cc(OC)c3Cl)c(=O)n2CCc2ccc(N)cc2)=CC1. The van der Waals surface area contributed by atoms with Crippen molar-refractivity contribution in [2.45, 2.75) is 38.8 Å². The van der Waals surface area contributed by atoms with Crippen LogP contribution in [0.25, 0.3) is 17.2 Å². The average Bonchev–Trinajstić information content (AvgIpc) is 3.15. The van der Waals surface area contributed by atoms with Crippen molar-refractivity contribution >= 4 is 35.0 Å². The summed E-state index contributed by atoms with van der Waals surface area (Å²) in [6.45, 7) is 2.05. The monoisotopic (exact) mass is 600 g/mol. The maximum Gasteiger partial charge on any atom is 0.260 e. The Morgan fingerprint density at radius 3 is 2.37 bits per heavy atom. The minimum Gasteiger partial charge on any atom is -0.495 e. The number of nitrogens with one attached hydrogen (secondary N) is 1. The number of ether oxygens (including phenoxy) is 2. The molecule has 0 bridgehead atoms. The van der Waals surface area contributed by atoms with Gasteiger partial charge in [-0.1, -0.05) is 48.3 Å². The minimum atomic E-state index is -0.954. The number of hydrogen-bond acceptors (Lipinski definition) is 8. The molecule has 1 aliphatic rings. The lowest BCUT2D eigenvalue weighted by Crippen LogP contribution is -2.45. The van der Waals surface area contributed by atoms with Gasteiger partial charge in [0.15, 0.2) is 0 Å².